The van der Waals surface area contributed by atoms with Crippen LogP contribution in [0.5, 0.6) is 0 Å². The Balaban J connectivity index is 1.63. The van der Waals surface area contributed by atoms with Gasteiger partial charge in [-0.05, 0) is 24.9 Å². The lowest BCUT2D eigenvalue weighted by Crippen LogP contribution is -2.43. The van der Waals surface area contributed by atoms with E-state index in [0.29, 0.717) is 6.54 Å². The molecule has 1 aliphatic heterocycles. The van der Waals surface area contributed by atoms with Gasteiger partial charge in [-0.15, -0.1) is 0 Å². The van der Waals surface area contributed by atoms with Crippen molar-refractivity contribution in [1.82, 2.24) is 16.0 Å². The van der Waals surface area contributed by atoms with Gasteiger partial charge in [0.1, 0.15) is 0 Å². The lowest BCUT2D eigenvalue weighted by Gasteiger charge is -2.12. The second-order valence-electron chi connectivity index (χ2n) is 4.33. The third kappa shape index (κ3) is 4.07. The van der Waals surface area contributed by atoms with Gasteiger partial charge in [0.25, 0.3) is 0 Å². The van der Waals surface area contributed by atoms with E-state index >= 15 is 0 Å². The van der Waals surface area contributed by atoms with E-state index in [9.17, 15) is 4.79 Å². The topological polar surface area (TPSA) is 53.2 Å². The molecule has 1 saturated heterocycles. The summed E-state index contributed by atoms with van der Waals surface area (Å²) in [5, 5.41) is 9.05. The molecule has 2 amide bonds. The molecule has 1 atom stereocenters. The van der Waals surface area contributed by atoms with E-state index in [-0.39, 0.29) is 12.1 Å². The number of amides is 2. The van der Waals surface area contributed by atoms with E-state index in [1.54, 1.807) is 0 Å². The summed E-state index contributed by atoms with van der Waals surface area (Å²) in [6, 6.07) is 10.4. The number of rotatable bonds is 4. The Kier molecular flexibility index (Phi) is 4.38. The van der Waals surface area contributed by atoms with Gasteiger partial charge in [-0.25, -0.2) is 4.79 Å². The monoisotopic (exact) mass is 233 g/mol. The Morgan fingerprint density at radius 1 is 1.35 bits per heavy atom. The van der Waals surface area contributed by atoms with Crippen LogP contribution >= 0.6 is 0 Å². The number of nitrogens with one attached hydrogen (secondary N) is 3. The molecule has 0 saturated carbocycles. The zero-order valence-corrected chi connectivity index (χ0v) is 9.91. The van der Waals surface area contributed by atoms with Crippen molar-refractivity contribution >= 4 is 6.03 Å². The van der Waals surface area contributed by atoms with Gasteiger partial charge in [0.05, 0.1) is 0 Å². The summed E-state index contributed by atoms with van der Waals surface area (Å²) in [6.07, 6.45) is 1.89. The highest BCUT2D eigenvalue weighted by Gasteiger charge is 2.15. The van der Waals surface area contributed by atoms with Gasteiger partial charge >= 0.3 is 6.03 Å². The number of carbonyl (C=O) groups is 1. The second-order valence-corrected chi connectivity index (χ2v) is 4.33. The quantitative estimate of drug-likeness (QED) is 0.723. The standard InChI is InChI=1S/C13H19N3O/c17-13(16-12-7-8-14-10-12)15-9-6-11-4-2-1-3-5-11/h1-5,12,14H,6-10H2,(H2,15,16,17). The maximum Gasteiger partial charge on any atom is 0.315 e. The molecule has 3 N–H and O–H groups in total. The third-order valence-corrected chi connectivity index (χ3v) is 2.94. The van der Waals surface area contributed by atoms with Crippen LogP contribution in [0.1, 0.15) is 12.0 Å². The number of carbonyl (C=O) groups excluding carboxylic acids is 1. The summed E-state index contributed by atoms with van der Waals surface area (Å²) in [7, 11) is 0. The predicted octanol–water partition coefficient (Wildman–Crippen LogP) is 0.890. The van der Waals surface area contributed by atoms with Crippen LogP contribution in [0.3, 0.4) is 0 Å². The molecule has 1 aromatic carbocycles. The predicted molar refractivity (Wildman–Crippen MR) is 68.0 cm³/mol. The number of urea groups is 1. The van der Waals surface area contributed by atoms with Gasteiger partial charge < -0.3 is 16.0 Å². The van der Waals surface area contributed by atoms with Crippen LogP contribution in [0, 0.1) is 0 Å². The lowest BCUT2D eigenvalue weighted by molar-refractivity contribution is 0.238. The minimum atomic E-state index is -0.0605. The van der Waals surface area contributed by atoms with Crippen LogP contribution in [0.2, 0.25) is 0 Å². The normalized spacial score (nSPS) is 18.9. The fourth-order valence-electron chi connectivity index (χ4n) is 1.98. The SMILES string of the molecule is O=C(NCCc1ccccc1)NC1CCNC1. The van der Waals surface area contributed by atoms with Crippen LogP contribution in [-0.2, 0) is 6.42 Å². The van der Waals surface area contributed by atoms with Gasteiger partial charge in [0.15, 0.2) is 0 Å². The van der Waals surface area contributed by atoms with E-state index in [0.717, 1.165) is 25.9 Å². The molecule has 1 unspecified atom stereocenters. The van der Waals surface area contributed by atoms with Gasteiger partial charge in [-0.1, -0.05) is 30.3 Å². The molecule has 0 bridgehead atoms. The van der Waals surface area contributed by atoms with Crippen LogP contribution in [0.15, 0.2) is 30.3 Å². The minimum absolute atomic E-state index is 0.0605. The number of hydrogen-bond donors (Lipinski definition) is 3. The Morgan fingerprint density at radius 2 is 2.18 bits per heavy atom. The zero-order valence-electron chi connectivity index (χ0n) is 9.91. The maximum atomic E-state index is 11.5. The fourth-order valence-corrected chi connectivity index (χ4v) is 1.98. The summed E-state index contributed by atoms with van der Waals surface area (Å²) in [5.41, 5.74) is 1.25. The summed E-state index contributed by atoms with van der Waals surface area (Å²) in [4.78, 5) is 11.5. The largest absolute Gasteiger partial charge is 0.338 e. The van der Waals surface area contributed by atoms with Crippen molar-refractivity contribution in [2.75, 3.05) is 19.6 Å². The van der Waals surface area contributed by atoms with Gasteiger partial charge in [-0.3, -0.25) is 0 Å². The average Bonchev–Trinajstić information content (AvgIpc) is 2.83. The van der Waals surface area contributed by atoms with Crippen LogP contribution < -0.4 is 16.0 Å². The molecule has 92 valence electrons. The first-order valence-corrected chi connectivity index (χ1v) is 6.13. The van der Waals surface area contributed by atoms with E-state index < -0.39 is 0 Å². The number of hydrogen-bond acceptors (Lipinski definition) is 2. The van der Waals surface area contributed by atoms with Crippen molar-refractivity contribution in [3.63, 3.8) is 0 Å². The Bertz CT molecular complexity index is 347. The first kappa shape index (κ1) is 11.9. The highest BCUT2D eigenvalue weighted by atomic mass is 16.2. The lowest BCUT2D eigenvalue weighted by atomic mass is 10.1. The highest BCUT2D eigenvalue weighted by Crippen LogP contribution is 1.98. The van der Waals surface area contributed by atoms with E-state index in [4.69, 9.17) is 0 Å². The smallest absolute Gasteiger partial charge is 0.315 e. The Labute approximate surface area is 102 Å². The van der Waals surface area contributed by atoms with Crippen LogP contribution in [0.4, 0.5) is 4.79 Å². The second kappa shape index (κ2) is 6.25. The molecule has 0 aromatic heterocycles. The van der Waals surface area contributed by atoms with Crippen LogP contribution in [-0.4, -0.2) is 31.7 Å². The zero-order chi connectivity index (χ0) is 11.9. The molecular weight excluding hydrogens is 214 g/mol. The van der Waals surface area contributed by atoms with E-state index in [2.05, 4.69) is 28.1 Å². The molecule has 1 heterocycles. The third-order valence-electron chi connectivity index (χ3n) is 2.94. The van der Waals surface area contributed by atoms with Crippen molar-refractivity contribution in [3.05, 3.63) is 35.9 Å². The Morgan fingerprint density at radius 3 is 2.88 bits per heavy atom. The summed E-state index contributed by atoms with van der Waals surface area (Å²) >= 11 is 0. The molecule has 17 heavy (non-hydrogen) atoms. The molecule has 1 fully saturated rings. The molecule has 4 nitrogen and oxygen atoms in total. The molecule has 4 heteroatoms. The summed E-state index contributed by atoms with van der Waals surface area (Å²) in [5.74, 6) is 0. The molecule has 1 aliphatic rings. The molecular formula is C13H19N3O. The van der Waals surface area contributed by atoms with Gasteiger partial charge in [0.2, 0.25) is 0 Å². The molecule has 0 spiro atoms. The summed E-state index contributed by atoms with van der Waals surface area (Å²) < 4.78 is 0. The van der Waals surface area contributed by atoms with E-state index in [1.165, 1.54) is 5.56 Å². The summed E-state index contributed by atoms with van der Waals surface area (Å²) in [6.45, 7) is 2.55. The minimum Gasteiger partial charge on any atom is -0.338 e. The van der Waals surface area contributed by atoms with Crippen LogP contribution in [0.25, 0.3) is 0 Å². The van der Waals surface area contributed by atoms with Gasteiger partial charge in [0, 0.05) is 19.1 Å². The number of benzene rings is 1. The highest BCUT2D eigenvalue weighted by molar-refractivity contribution is 5.74. The molecule has 0 aliphatic carbocycles. The van der Waals surface area contributed by atoms with E-state index in [1.807, 2.05) is 18.2 Å². The van der Waals surface area contributed by atoms with Crippen molar-refractivity contribution in [2.24, 2.45) is 0 Å². The van der Waals surface area contributed by atoms with Gasteiger partial charge in [-0.2, -0.15) is 0 Å². The van der Waals surface area contributed by atoms with Crippen molar-refractivity contribution in [1.29, 1.82) is 0 Å². The van der Waals surface area contributed by atoms with Crippen molar-refractivity contribution in [2.45, 2.75) is 18.9 Å². The van der Waals surface area contributed by atoms with Crippen molar-refractivity contribution in [3.8, 4) is 0 Å². The van der Waals surface area contributed by atoms with Crippen molar-refractivity contribution < 1.29 is 4.79 Å². The first-order valence-electron chi connectivity index (χ1n) is 6.13. The molecule has 0 radical (unpaired) electrons. The maximum absolute atomic E-state index is 11.5. The molecule has 2 rings (SSSR count). The first-order chi connectivity index (χ1) is 8.34. The molecule has 1 aromatic rings. The fraction of sp³-hybridized carbons (Fsp3) is 0.462. The average molecular weight is 233 g/mol. The Hall–Kier alpha value is -1.55.